The van der Waals surface area contributed by atoms with Crippen molar-refractivity contribution in [1.29, 1.82) is 0 Å². The average molecular weight is 408 g/mol. The number of amides is 2. The first kappa shape index (κ1) is 20.5. The fourth-order valence-corrected chi connectivity index (χ4v) is 2.87. The van der Waals surface area contributed by atoms with Crippen LogP contribution in [0, 0.1) is 17.5 Å². The number of nitrogens with zero attached hydrogens (tertiary/aromatic N) is 1. The molecule has 0 aliphatic carbocycles. The Morgan fingerprint density at radius 3 is 2.48 bits per heavy atom. The Hall–Kier alpha value is -3.23. The summed E-state index contributed by atoms with van der Waals surface area (Å²) >= 11 is 0. The minimum absolute atomic E-state index is 0.265. The summed E-state index contributed by atoms with van der Waals surface area (Å²) in [5, 5.41) is 2.16. The van der Waals surface area contributed by atoms with Crippen molar-refractivity contribution in [2.24, 2.45) is 0 Å². The van der Waals surface area contributed by atoms with Crippen LogP contribution in [0.5, 0.6) is 11.5 Å². The Balaban J connectivity index is 1.73. The molecule has 0 saturated heterocycles. The monoisotopic (exact) mass is 408 g/mol. The molecule has 0 atom stereocenters. The zero-order chi connectivity index (χ0) is 21.0. The van der Waals surface area contributed by atoms with Crippen molar-refractivity contribution < 1.29 is 32.2 Å². The molecular formula is C20H19F3N2O4. The van der Waals surface area contributed by atoms with E-state index in [-0.39, 0.29) is 13.1 Å². The highest BCUT2D eigenvalue weighted by Crippen LogP contribution is 2.31. The molecule has 1 aliphatic heterocycles. The van der Waals surface area contributed by atoms with Gasteiger partial charge in [0, 0.05) is 12.1 Å². The molecule has 0 aromatic heterocycles. The van der Waals surface area contributed by atoms with Crippen LogP contribution in [-0.4, -0.2) is 43.0 Å². The quantitative estimate of drug-likeness (QED) is 0.745. The zero-order valence-electron chi connectivity index (χ0n) is 15.6. The van der Waals surface area contributed by atoms with E-state index in [2.05, 4.69) is 5.32 Å². The Bertz CT molecular complexity index is 936. The molecule has 154 valence electrons. The van der Waals surface area contributed by atoms with Gasteiger partial charge in [-0.25, -0.2) is 13.2 Å². The topological polar surface area (TPSA) is 67.9 Å². The summed E-state index contributed by atoms with van der Waals surface area (Å²) < 4.78 is 51.0. The van der Waals surface area contributed by atoms with Crippen LogP contribution in [0.3, 0.4) is 0 Å². The molecule has 9 heteroatoms. The van der Waals surface area contributed by atoms with Crippen molar-refractivity contribution in [3.8, 4) is 11.5 Å². The Morgan fingerprint density at radius 1 is 1.03 bits per heavy atom. The van der Waals surface area contributed by atoms with Gasteiger partial charge in [0.05, 0.1) is 5.69 Å². The summed E-state index contributed by atoms with van der Waals surface area (Å²) in [6.45, 7) is 2.49. The molecule has 0 fully saturated rings. The van der Waals surface area contributed by atoms with Gasteiger partial charge in [-0.2, -0.15) is 0 Å². The molecule has 0 bridgehead atoms. The second kappa shape index (κ2) is 8.85. The molecule has 1 N–H and O–H groups in total. The highest BCUT2D eigenvalue weighted by molar-refractivity contribution is 5.99. The summed E-state index contributed by atoms with van der Waals surface area (Å²) in [7, 11) is 0. The molecule has 29 heavy (non-hydrogen) atoms. The maximum absolute atomic E-state index is 13.8. The number of rotatable bonds is 6. The standard InChI is InChI=1S/C20H19F3N2O4/c1-2-7-25(11-17(26)24-14-5-4-13(21)18(22)19(14)23)20(27)12-3-6-15-16(10-12)29-9-8-28-15/h3-6,10H,2,7-9,11H2,1H3,(H,24,26). The third-order valence-corrected chi connectivity index (χ3v) is 4.21. The fraction of sp³-hybridized carbons (Fsp3) is 0.300. The number of hydrogen-bond acceptors (Lipinski definition) is 4. The molecule has 2 aromatic carbocycles. The van der Waals surface area contributed by atoms with Gasteiger partial charge in [-0.05, 0) is 36.8 Å². The lowest BCUT2D eigenvalue weighted by atomic mass is 10.1. The van der Waals surface area contributed by atoms with Gasteiger partial charge in [-0.1, -0.05) is 6.92 Å². The van der Waals surface area contributed by atoms with Gasteiger partial charge in [0.15, 0.2) is 29.0 Å². The minimum Gasteiger partial charge on any atom is -0.486 e. The maximum atomic E-state index is 13.8. The van der Waals surface area contributed by atoms with Crippen molar-refractivity contribution in [2.45, 2.75) is 13.3 Å². The van der Waals surface area contributed by atoms with E-state index in [1.165, 1.54) is 11.0 Å². The molecule has 6 nitrogen and oxygen atoms in total. The third-order valence-electron chi connectivity index (χ3n) is 4.21. The smallest absolute Gasteiger partial charge is 0.254 e. The largest absolute Gasteiger partial charge is 0.486 e. The molecular weight excluding hydrogens is 389 g/mol. The van der Waals surface area contributed by atoms with E-state index >= 15 is 0 Å². The van der Waals surface area contributed by atoms with Gasteiger partial charge in [0.1, 0.15) is 19.8 Å². The molecule has 2 amide bonds. The lowest BCUT2D eigenvalue weighted by molar-refractivity contribution is -0.116. The van der Waals surface area contributed by atoms with Crippen LogP contribution >= 0.6 is 0 Å². The van der Waals surface area contributed by atoms with Gasteiger partial charge < -0.3 is 19.7 Å². The van der Waals surface area contributed by atoms with Crippen LogP contribution in [0.25, 0.3) is 0 Å². The van der Waals surface area contributed by atoms with E-state index in [1.807, 2.05) is 6.92 Å². The van der Waals surface area contributed by atoms with Crippen molar-refractivity contribution in [3.05, 3.63) is 53.3 Å². The average Bonchev–Trinajstić information content (AvgIpc) is 2.73. The number of carbonyl (C=O) groups is 2. The summed E-state index contributed by atoms with van der Waals surface area (Å²) in [5.41, 5.74) is -0.202. The van der Waals surface area contributed by atoms with Gasteiger partial charge in [-0.15, -0.1) is 0 Å². The molecule has 0 saturated carbocycles. The van der Waals surface area contributed by atoms with Crippen LogP contribution in [0.1, 0.15) is 23.7 Å². The summed E-state index contributed by atoms with van der Waals surface area (Å²) in [5.74, 6) is -4.74. The van der Waals surface area contributed by atoms with Crippen molar-refractivity contribution in [1.82, 2.24) is 4.90 Å². The number of hydrogen-bond donors (Lipinski definition) is 1. The van der Waals surface area contributed by atoms with Gasteiger partial charge in [-0.3, -0.25) is 9.59 Å². The molecule has 2 aromatic rings. The number of nitrogens with one attached hydrogen (secondary N) is 1. The first-order chi connectivity index (χ1) is 13.9. The Kier molecular flexibility index (Phi) is 6.26. The normalized spacial score (nSPS) is 12.4. The van der Waals surface area contributed by atoms with Gasteiger partial charge in [0.2, 0.25) is 5.91 Å². The van der Waals surface area contributed by atoms with Crippen LogP contribution < -0.4 is 14.8 Å². The lowest BCUT2D eigenvalue weighted by Crippen LogP contribution is -2.38. The lowest BCUT2D eigenvalue weighted by Gasteiger charge is -2.23. The Labute approximate surface area is 165 Å². The number of ether oxygens (including phenoxy) is 2. The van der Waals surface area contributed by atoms with Crippen LogP contribution in [-0.2, 0) is 4.79 Å². The Morgan fingerprint density at radius 2 is 1.76 bits per heavy atom. The van der Waals surface area contributed by atoms with Crippen LogP contribution in [0.4, 0.5) is 18.9 Å². The molecule has 1 heterocycles. The first-order valence-corrected chi connectivity index (χ1v) is 9.03. The van der Waals surface area contributed by atoms with E-state index in [0.717, 1.165) is 6.07 Å². The number of halogens is 3. The molecule has 0 unspecified atom stereocenters. The number of carbonyl (C=O) groups excluding carboxylic acids is 2. The molecule has 3 rings (SSSR count). The van der Waals surface area contributed by atoms with Crippen molar-refractivity contribution >= 4 is 17.5 Å². The van der Waals surface area contributed by atoms with Gasteiger partial charge >= 0.3 is 0 Å². The first-order valence-electron chi connectivity index (χ1n) is 9.03. The summed E-state index contributed by atoms with van der Waals surface area (Å²) in [6.07, 6.45) is 0.573. The maximum Gasteiger partial charge on any atom is 0.254 e. The highest BCUT2D eigenvalue weighted by atomic mass is 19.2. The second-order valence-corrected chi connectivity index (χ2v) is 6.36. The molecule has 0 spiro atoms. The minimum atomic E-state index is -1.68. The van der Waals surface area contributed by atoms with E-state index in [0.29, 0.717) is 42.8 Å². The van der Waals surface area contributed by atoms with Crippen LogP contribution in [0.2, 0.25) is 0 Å². The van der Waals surface area contributed by atoms with E-state index in [9.17, 15) is 22.8 Å². The number of anilines is 1. The zero-order valence-corrected chi connectivity index (χ0v) is 15.6. The van der Waals surface area contributed by atoms with E-state index < -0.39 is 35.0 Å². The predicted octanol–water partition coefficient (Wildman–Crippen LogP) is 3.37. The van der Waals surface area contributed by atoms with E-state index in [4.69, 9.17) is 9.47 Å². The van der Waals surface area contributed by atoms with Gasteiger partial charge in [0.25, 0.3) is 5.91 Å². The van der Waals surface area contributed by atoms with Crippen molar-refractivity contribution in [3.63, 3.8) is 0 Å². The predicted molar refractivity (Wildman–Crippen MR) is 98.6 cm³/mol. The second-order valence-electron chi connectivity index (χ2n) is 6.36. The summed E-state index contributed by atoms with van der Waals surface area (Å²) in [4.78, 5) is 26.4. The molecule has 1 aliphatic rings. The summed E-state index contributed by atoms with van der Waals surface area (Å²) in [6, 6.07) is 6.33. The highest BCUT2D eigenvalue weighted by Gasteiger charge is 2.22. The van der Waals surface area contributed by atoms with E-state index in [1.54, 1.807) is 12.1 Å². The van der Waals surface area contributed by atoms with Crippen molar-refractivity contribution in [2.75, 3.05) is 31.6 Å². The molecule has 0 radical (unpaired) electrons. The third kappa shape index (κ3) is 4.61. The van der Waals surface area contributed by atoms with Crippen LogP contribution in [0.15, 0.2) is 30.3 Å². The SMILES string of the molecule is CCCN(CC(=O)Nc1ccc(F)c(F)c1F)C(=O)c1ccc2c(c1)OCCO2. The number of benzene rings is 2. The fourth-order valence-electron chi connectivity index (χ4n) is 2.87. The number of fused-ring (bicyclic) bond motifs is 1.